The minimum Gasteiger partial charge on any atom is -0.392 e. The molecule has 0 radical (unpaired) electrons. The predicted molar refractivity (Wildman–Crippen MR) is 50.5 cm³/mol. The largest absolute Gasteiger partial charge is 0.392 e. The summed E-state index contributed by atoms with van der Waals surface area (Å²) in [5.74, 6) is 0. The second-order valence-electron chi connectivity index (χ2n) is 4.13. The molecule has 1 fully saturated rings. The van der Waals surface area contributed by atoms with E-state index in [0.29, 0.717) is 0 Å². The molecule has 0 amide bonds. The van der Waals surface area contributed by atoms with Crippen molar-refractivity contribution in [1.29, 1.82) is 0 Å². The van der Waals surface area contributed by atoms with Crippen LogP contribution < -0.4 is 0 Å². The van der Waals surface area contributed by atoms with Crippen LogP contribution in [0.4, 0.5) is 0 Å². The number of aliphatic hydroxyl groups is 1. The van der Waals surface area contributed by atoms with Gasteiger partial charge in [0, 0.05) is 18.2 Å². The number of aryl methyl sites for hydroxylation is 2. The second-order valence-corrected chi connectivity index (χ2v) is 4.13. The third-order valence-electron chi connectivity index (χ3n) is 3.18. The van der Waals surface area contributed by atoms with Crippen molar-refractivity contribution in [2.45, 2.75) is 38.2 Å². The highest BCUT2D eigenvalue weighted by atomic mass is 16.3. The minimum absolute atomic E-state index is 0.00926. The van der Waals surface area contributed by atoms with Crippen LogP contribution in [0.25, 0.3) is 0 Å². The first-order chi connectivity index (χ1) is 6.08. The van der Waals surface area contributed by atoms with E-state index in [-0.39, 0.29) is 11.5 Å². The van der Waals surface area contributed by atoms with Gasteiger partial charge in [-0.05, 0) is 32.3 Å². The lowest BCUT2D eigenvalue weighted by Gasteiger charge is -2.19. The van der Waals surface area contributed by atoms with E-state index in [1.54, 1.807) is 0 Å². The third kappa shape index (κ3) is 1.10. The van der Waals surface area contributed by atoms with E-state index in [0.717, 1.165) is 12.8 Å². The fraction of sp³-hybridized carbons (Fsp3) is 0.700. The Kier molecular flexibility index (Phi) is 1.74. The van der Waals surface area contributed by atoms with Gasteiger partial charge in [0.2, 0.25) is 0 Å². The van der Waals surface area contributed by atoms with Crippen molar-refractivity contribution >= 4 is 0 Å². The van der Waals surface area contributed by atoms with Crippen LogP contribution in [0.15, 0.2) is 6.20 Å². The van der Waals surface area contributed by atoms with Gasteiger partial charge in [0.05, 0.1) is 12.3 Å². The highest BCUT2D eigenvalue weighted by Crippen LogP contribution is 2.51. The highest BCUT2D eigenvalue weighted by Gasteiger charge is 2.51. The number of aromatic nitrogens is 2. The lowest BCUT2D eigenvalue weighted by Crippen LogP contribution is -2.26. The maximum absolute atomic E-state index is 9.72. The van der Waals surface area contributed by atoms with Crippen molar-refractivity contribution in [3.05, 3.63) is 17.5 Å². The van der Waals surface area contributed by atoms with Crippen molar-refractivity contribution < 1.29 is 5.11 Å². The van der Waals surface area contributed by atoms with E-state index in [2.05, 4.69) is 12.0 Å². The van der Waals surface area contributed by atoms with E-state index in [1.165, 1.54) is 11.3 Å². The third-order valence-corrected chi connectivity index (χ3v) is 3.18. The molecule has 1 heterocycles. The Labute approximate surface area is 78.4 Å². The molecule has 1 N–H and O–H groups in total. The van der Waals surface area contributed by atoms with Crippen molar-refractivity contribution in [3.63, 3.8) is 0 Å². The smallest absolute Gasteiger partial charge is 0.0623 e. The fourth-order valence-electron chi connectivity index (χ4n) is 2.25. The number of nitrogens with zero attached hydrogens (tertiary/aromatic N) is 2. The summed E-state index contributed by atoms with van der Waals surface area (Å²) in [6, 6.07) is 0. The summed E-state index contributed by atoms with van der Waals surface area (Å²) in [5, 5.41) is 13.9. The van der Waals surface area contributed by atoms with Crippen molar-refractivity contribution in [1.82, 2.24) is 9.78 Å². The maximum atomic E-state index is 9.72. The molecule has 0 aliphatic heterocycles. The molecule has 72 valence electrons. The zero-order valence-electron chi connectivity index (χ0n) is 8.41. The van der Waals surface area contributed by atoms with Gasteiger partial charge in [0.1, 0.15) is 0 Å². The standard InChI is InChI=1S/C10H16N2O/c1-7-6-11-12(3)9(7)10(4-5-10)8(2)13/h6,8,13H,4-5H2,1-3H3. The highest BCUT2D eigenvalue weighted by molar-refractivity contribution is 5.32. The molecular formula is C10H16N2O. The Morgan fingerprint density at radius 1 is 1.62 bits per heavy atom. The average molecular weight is 180 g/mol. The van der Waals surface area contributed by atoms with E-state index < -0.39 is 0 Å². The Morgan fingerprint density at radius 3 is 2.54 bits per heavy atom. The van der Waals surface area contributed by atoms with Crippen molar-refractivity contribution in [3.8, 4) is 0 Å². The van der Waals surface area contributed by atoms with Gasteiger partial charge in [-0.15, -0.1) is 0 Å². The van der Waals surface area contributed by atoms with Gasteiger partial charge < -0.3 is 5.11 Å². The molecule has 1 aromatic heterocycles. The zero-order valence-corrected chi connectivity index (χ0v) is 8.41. The Hall–Kier alpha value is -0.830. The molecule has 0 saturated heterocycles. The van der Waals surface area contributed by atoms with Crippen LogP contribution in [-0.4, -0.2) is 21.0 Å². The lowest BCUT2D eigenvalue weighted by atomic mass is 9.93. The van der Waals surface area contributed by atoms with Gasteiger partial charge in [-0.2, -0.15) is 5.10 Å². The van der Waals surface area contributed by atoms with Crippen LogP contribution in [0.2, 0.25) is 0 Å². The molecule has 0 spiro atoms. The molecule has 2 rings (SSSR count). The normalized spacial score (nSPS) is 21.5. The summed E-state index contributed by atoms with van der Waals surface area (Å²) in [6.07, 6.45) is 3.79. The molecule has 0 bridgehead atoms. The fourth-order valence-corrected chi connectivity index (χ4v) is 2.25. The molecule has 3 heteroatoms. The Morgan fingerprint density at radius 2 is 2.23 bits per heavy atom. The van der Waals surface area contributed by atoms with E-state index >= 15 is 0 Å². The molecule has 1 aromatic rings. The number of hydrogen-bond donors (Lipinski definition) is 1. The topological polar surface area (TPSA) is 38.0 Å². The van der Waals surface area contributed by atoms with Crippen LogP contribution >= 0.6 is 0 Å². The number of aliphatic hydroxyl groups excluding tert-OH is 1. The summed E-state index contributed by atoms with van der Waals surface area (Å²) in [7, 11) is 1.95. The maximum Gasteiger partial charge on any atom is 0.0623 e. The number of rotatable bonds is 2. The SMILES string of the molecule is Cc1cnn(C)c1C1(C(C)O)CC1. The van der Waals surface area contributed by atoms with Gasteiger partial charge in [-0.1, -0.05) is 0 Å². The van der Waals surface area contributed by atoms with Crippen LogP contribution in [0.3, 0.4) is 0 Å². The van der Waals surface area contributed by atoms with E-state index in [9.17, 15) is 5.11 Å². The van der Waals surface area contributed by atoms with Crippen molar-refractivity contribution in [2.24, 2.45) is 7.05 Å². The van der Waals surface area contributed by atoms with E-state index in [1.807, 2.05) is 24.9 Å². The summed E-state index contributed by atoms with van der Waals surface area (Å²) in [6.45, 7) is 3.93. The first-order valence-corrected chi connectivity index (χ1v) is 4.75. The average Bonchev–Trinajstić information content (AvgIpc) is 2.77. The van der Waals surface area contributed by atoms with E-state index in [4.69, 9.17) is 0 Å². The number of hydrogen-bond acceptors (Lipinski definition) is 2. The molecule has 3 nitrogen and oxygen atoms in total. The molecular weight excluding hydrogens is 164 g/mol. The monoisotopic (exact) mass is 180 g/mol. The van der Waals surface area contributed by atoms with Gasteiger partial charge in [0.15, 0.2) is 0 Å². The lowest BCUT2D eigenvalue weighted by molar-refractivity contribution is 0.146. The van der Waals surface area contributed by atoms with Gasteiger partial charge in [0.25, 0.3) is 0 Å². The van der Waals surface area contributed by atoms with Crippen LogP contribution in [0.5, 0.6) is 0 Å². The predicted octanol–water partition coefficient (Wildman–Crippen LogP) is 1.14. The zero-order chi connectivity index (χ0) is 9.64. The minimum atomic E-state index is -0.262. The second kappa shape index (κ2) is 2.58. The van der Waals surface area contributed by atoms with Gasteiger partial charge in [-0.25, -0.2) is 0 Å². The molecule has 0 aromatic carbocycles. The summed E-state index contributed by atoms with van der Waals surface area (Å²) in [4.78, 5) is 0. The van der Waals surface area contributed by atoms with Crippen molar-refractivity contribution in [2.75, 3.05) is 0 Å². The first kappa shape index (κ1) is 8.75. The van der Waals surface area contributed by atoms with Crippen LogP contribution in [-0.2, 0) is 12.5 Å². The molecule has 1 unspecified atom stereocenters. The first-order valence-electron chi connectivity index (χ1n) is 4.75. The molecule has 1 saturated carbocycles. The molecule has 13 heavy (non-hydrogen) atoms. The van der Waals surface area contributed by atoms with Gasteiger partial charge >= 0.3 is 0 Å². The Bertz CT molecular complexity index is 304. The quantitative estimate of drug-likeness (QED) is 0.741. The Balaban J connectivity index is 2.45. The summed E-state index contributed by atoms with van der Waals surface area (Å²) >= 11 is 0. The molecule has 1 atom stereocenters. The molecule has 1 aliphatic rings. The van der Waals surface area contributed by atoms with Crippen LogP contribution in [0.1, 0.15) is 31.0 Å². The molecule has 1 aliphatic carbocycles. The van der Waals surface area contributed by atoms with Gasteiger partial charge in [-0.3, -0.25) is 4.68 Å². The summed E-state index contributed by atoms with van der Waals surface area (Å²) < 4.78 is 1.90. The summed E-state index contributed by atoms with van der Waals surface area (Å²) in [5.41, 5.74) is 2.42. The van der Waals surface area contributed by atoms with Crippen LogP contribution in [0, 0.1) is 6.92 Å².